The summed E-state index contributed by atoms with van der Waals surface area (Å²) in [6, 6.07) is 3.58. The van der Waals surface area contributed by atoms with Crippen LogP contribution in [0.4, 0.5) is 5.69 Å². The van der Waals surface area contributed by atoms with Crippen LogP contribution in [0.3, 0.4) is 0 Å². The molecule has 0 saturated heterocycles. The van der Waals surface area contributed by atoms with E-state index in [2.05, 4.69) is 15.3 Å². The second kappa shape index (κ2) is 4.50. The molecule has 0 aliphatic carbocycles. The lowest BCUT2D eigenvalue weighted by atomic mass is 10.1. The zero-order valence-corrected chi connectivity index (χ0v) is 8.18. The van der Waals surface area contributed by atoms with Crippen LogP contribution in [-0.2, 0) is 4.79 Å². The Hall–Kier alpha value is -1.97. The number of aliphatic imine (C=N–C) groups is 1. The number of nitrogens with zero attached hydrogens (tertiary/aromatic N) is 2. The third-order valence-corrected chi connectivity index (χ3v) is 2.07. The lowest BCUT2D eigenvalue weighted by Crippen LogP contribution is -2.17. The first-order valence-corrected chi connectivity index (χ1v) is 4.75. The standard InChI is InChI=1S/C11H11N3O/c15-11(9-3-1-5-12-7-9)14-10-4-2-6-13-8-10/h2-6,8H,1,7H2,(H,14,15). The number of aromatic nitrogens is 1. The van der Waals surface area contributed by atoms with Gasteiger partial charge in [0.25, 0.3) is 5.91 Å². The third-order valence-electron chi connectivity index (χ3n) is 2.07. The molecular formula is C11H11N3O. The van der Waals surface area contributed by atoms with Crippen molar-refractivity contribution in [3.8, 4) is 0 Å². The molecule has 0 bridgehead atoms. The van der Waals surface area contributed by atoms with Gasteiger partial charge in [0.05, 0.1) is 18.4 Å². The van der Waals surface area contributed by atoms with E-state index in [9.17, 15) is 4.79 Å². The van der Waals surface area contributed by atoms with Gasteiger partial charge in [-0.3, -0.25) is 14.8 Å². The highest BCUT2D eigenvalue weighted by Crippen LogP contribution is 2.08. The van der Waals surface area contributed by atoms with Gasteiger partial charge in [-0.2, -0.15) is 0 Å². The first-order valence-electron chi connectivity index (χ1n) is 4.75. The van der Waals surface area contributed by atoms with Crippen LogP contribution < -0.4 is 5.32 Å². The molecule has 0 atom stereocenters. The Balaban J connectivity index is 2.01. The predicted octanol–water partition coefficient (Wildman–Crippen LogP) is 1.42. The van der Waals surface area contributed by atoms with Crippen LogP contribution in [0.2, 0.25) is 0 Å². The molecule has 0 unspecified atom stereocenters. The molecule has 4 heteroatoms. The summed E-state index contributed by atoms with van der Waals surface area (Å²) in [5.41, 5.74) is 1.42. The number of carbonyl (C=O) groups excluding carboxylic acids is 1. The van der Waals surface area contributed by atoms with E-state index < -0.39 is 0 Å². The van der Waals surface area contributed by atoms with Crippen LogP contribution in [0, 0.1) is 0 Å². The predicted molar refractivity (Wildman–Crippen MR) is 58.9 cm³/mol. The molecule has 0 radical (unpaired) electrons. The molecule has 1 aromatic heterocycles. The van der Waals surface area contributed by atoms with E-state index >= 15 is 0 Å². The topological polar surface area (TPSA) is 54.4 Å². The molecular weight excluding hydrogens is 190 g/mol. The van der Waals surface area contributed by atoms with Crippen LogP contribution in [0.1, 0.15) is 6.42 Å². The number of hydrogen-bond acceptors (Lipinski definition) is 3. The minimum absolute atomic E-state index is 0.0974. The van der Waals surface area contributed by atoms with Crippen molar-refractivity contribution in [1.29, 1.82) is 0 Å². The van der Waals surface area contributed by atoms with E-state index in [0.717, 1.165) is 6.42 Å². The van der Waals surface area contributed by atoms with E-state index in [1.165, 1.54) is 0 Å². The van der Waals surface area contributed by atoms with Crippen LogP contribution in [-0.4, -0.2) is 23.7 Å². The van der Waals surface area contributed by atoms with Gasteiger partial charge in [0.1, 0.15) is 0 Å². The first kappa shape index (κ1) is 9.58. The minimum atomic E-state index is -0.0974. The van der Waals surface area contributed by atoms with Crippen molar-refractivity contribution in [3.05, 3.63) is 36.2 Å². The highest BCUT2D eigenvalue weighted by atomic mass is 16.1. The summed E-state index contributed by atoms with van der Waals surface area (Å²) in [5, 5.41) is 2.77. The monoisotopic (exact) mass is 201 g/mol. The van der Waals surface area contributed by atoms with E-state index in [1.54, 1.807) is 30.7 Å². The summed E-state index contributed by atoms with van der Waals surface area (Å²) in [4.78, 5) is 19.7. The van der Waals surface area contributed by atoms with Gasteiger partial charge in [-0.15, -0.1) is 0 Å². The summed E-state index contributed by atoms with van der Waals surface area (Å²) in [7, 11) is 0. The lowest BCUT2D eigenvalue weighted by molar-refractivity contribution is -0.112. The fraction of sp³-hybridized carbons (Fsp3) is 0.182. The second-order valence-corrected chi connectivity index (χ2v) is 3.18. The third kappa shape index (κ3) is 2.49. The Bertz CT molecular complexity index is 409. The number of hydrogen-bond donors (Lipinski definition) is 1. The Morgan fingerprint density at radius 2 is 2.40 bits per heavy atom. The molecule has 1 amide bonds. The maximum Gasteiger partial charge on any atom is 0.253 e. The highest BCUT2D eigenvalue weighted by molar-refractivity contribution is 6.04. The van der Waals surface area contributed by atoms with Gasteiger partial charge in [0.2, 0.25) is 0 Å². The van der Waals surface area contributed by atoms with Gasteiger partial charge in [-0.05, 0) is 12.1 Å². The molecule has 1 aliphatic heterocycles. The number of allylic oxidation sites excluding steroid dienone is 1. The zero-order chi connectivity index (χ0) is 10.5. The molecule has 2 rings (SSSR count). The summed E-state index contributed by atoms with van der Waals surface area (Å²) in [6.45, 7) is 0.464. The molecule has 2 heterocycles. The van der Waals surface area contributed by atoms with Gasteiger partial charge in [-0.25, -0.2) is 0 Å². The summed E-state index contributed by atoms with van der Waals surface area (Å²) in [6.07, 6.45) is 7.71. The van der Waals surface area contributed by atoms with Crippen molar-refractivity contribution in [3.63, 3.8) is 0 Å². The van der Waals surface area contributed by atoms with Crippen molar-refractivity contribution in [1.82, 2.24) is 4.98 Å². The number of dihydropyridines is 1. The number of pyridine rings is 1. The fourth-order valence-electron chi connectivity index (χ4n) is 1.31. The number of amides is 1. The largest absolute Gasteiger partial charge is 0.321 e. The normalized spacial score (nSPS) is 14.5. The average molecular weight is 201 g/mol. The van der Waals surface area contributed by atoms with Gasteiger partial charge in [0, 0.05) is 24.4 Å². The zero-order valence-electron chi connectivity index (χ0n) is 8.18. The van der Waals surface area contributed by atoms with Crippen molar-refractivity contribution in [2.24, 2.45) is 4.99 Å². The number of nitrogens with one attached hydrogen (secondary N) is 1. The number of anilines is 1. The molecule has 0 aromatic carbocycles. The lowest BCUT2D eigenvalue weighted by Gasteiger charge is -2.08. The van der Waals surface area contributed by atoms with Crippen molar-refractivity contribution < 1.29 is 4.79 Å². The molecule has 1 aromatic rings. The maximum absolute atomic E-state index is 11.7. The van der Waals surface area contributed by atoms with Crippen molar-refractivity contribution >= 4 is 17.8 Å². The van der Waals surface area contributed by atoms with Gasteiger partial charge < -0.3 is 5.32 Å². The molecule has 4 nitrogen and oxygen atoms in total. The first-order chi connectivity index (χ1) is 7.36. The van der Waals surface area contributed by atoms with E-state index in [1.807, 2.05) is 6.08 Å². The molecule has 1 aliphatic rings. The van der Waals surface area contributed by atoms with Crippen LogP contribution >= 0.6 is 0 Å². The average Bonchev–Trinajstić information content (AvgIpc) is 2.31. The Morgan fingerprint density at radius 1 is 1.47 bits per heavy atom. The van der Waals surface area contributed by atoms with Gasteiger partial charge in [0.15, 0.2) is 0 Å². The summed E-state index contributed by atoms with van der Waals surface area (Å²) in [5.74, 6) is -0.0974. The van der Waals surface area contributed by atoms with Crippen molar-refractivity contribution in [2.45, 2.75) is 6.42 Å². The Labute approximate surface area is 87.8 Å². The molecule has 0 spiro atoms. The van der Waals surface area contributed by atoms with Crippen LogP contribution in [0.5, 0.6) is 0 Å². The maximum atomic E-state index is 11.7. The molecule has 0 fully saturated rings. The minimum Gasteiger partial charge on any atom is -0.321 e. The number of rotatable bonds is 2. The second-order valence-electron chi connectivity index (χ2n) is 3.18. The van der Waals surface area contributed by atoms with Crippen molar-refractivity contribution in [2.75, 3.05) is 11.9 Å². The molecule has 76 valence electrons. The van der Waals surface area contributed by atoms with Crippen LogP contribution in [0.25, 0.3) is 0 Å². The van der Waals surface area contributed by atoms with Gasteiger partial charge in [-0.1, -0.05) is 6.08 Å². The van der Waals surface area contributed by atoms with E-state index in [4.69, 9.17) is 0 Å². The fourth-order valence-corrected chi connectivity index (χ4v) is 1.31. The van der Waals surface area contributed by atoms with E-state index in [0.29, 0.717) is 17.8 Å². The number of carbonyl (C=O) groups is 1. The SMILES string of the molecule is O=C(Nc1cccnc1)C1=CCC=NC1. The smallest absolute Gasteiger partial charge is 0.253 e. The Kier molecular flexibility index (Phi) is 2.88. The highest BCUT2D eigenvalue weighted by Gasteiger charge is 2.10. The summed E-state index contributed by atoms with van der Waals surface area (Å²) >= 11 is 0. The Morgan fingerprint density at radius 3 is 3.07 bits per heavy atom. The quantitative estimate of drug-likeness (QED) is 0.786. The molecule has 0 saturated carbocycles. The summed E-state index contributed by atoms with van der Waals surface area (Å²) < 4.78 is 0. The molecule has 15 heavy (non-hydrogen) atoms. The van der Waals surface area contributed by atoms with E-state index in [-0.39, 0.29) is 5.91 Å². The van der Waals surface area contributed by atoms with Crippen LogP contribution in [0.15, 0.2) is 41.2 Å². The van der Waals surface area contributed by atoms with Gasteiger partial charge >= 0.3 is 0 Å². The molecule has 1 N–H and O–H groups in total.